The third-order valence-corrected chi connectivity index (χ3v) is 2.71. The van der Waals surface area contributed by atoms with Gasteiger partial charge in [0.15, 0.2) is 6.10 Å². The van der Waals surface area contributed by atoms with Gasteiger partial charge in [-0.2, -0.15) is 0 Å². The van der Waals surface area contributed by atoms with E-state index in [0.717, 1.165) is 0 Å². The summed E-state index contributed by atoms with van der Waals surface area (Å²) in [4.78, 5) is 11.5. The first kappa shape index (κ1) is 11.0. The SMILES string of the molecule is O=C(OC1CCCC1(F)F)c1ccccc1. The average Bonchev–Trinajstić information content (AvgIpc) is 2.59. The molecule has 0 saturated heterocycles. The van der Waals surface area contributed by atoms with Gasteiger partial charge < -0.3 is 4.74 Å². The van der Waals surface area contributed by atoms with E-state index < -0.39 is 18.0 Å². The van der Waals surface area contributed by atoms with Crippen molar-refractivity contribution in [2.24, 2.45) is 0 Å². The summed E-state index contributed by atoms with van der Waals surface area (Å²) in [6, 6.07) is 8.19. The van der Waals surface area contributed by atoms with Crippen molar-refractivity contribution in [1.82, 2.24) is 0 Å². The van der Waals surface area contributed by atoms with Crippen molar-refractivity contribution < 1.29 is 18.3 Å². The fourth-order valence-electron chi connectivity index (χ4n) is 1.81. The van der Waals surface area contributed by atoms with E-state index in [4.69, 9.17) is 4.74 Å². The molecule has 2 nitrogen and oxygen atoms in total. The molecule has 16 heavy (non-hydrogen) atoms. The van der Waals surface area contributed by atoms with Crippen LogP contribution < -0.4 is 0 Å². The minimum absolute atomic E-state index is 0.195. The third kappa shape index (κ3) is 2.21. The van der Waals surface area contributed by atoms with E-state index in [0.29, 0.717) is 12.0 Å². The summed E-state index contributed by atoms with van der Waals surface area (Å²) in [5.74, 6) is -3.54. The number of esters is 1. The molecule has 0 aromatic heterocycles. The van der Waals surface area contributed by atoms with Crippen LogP contribution in [0.25, 0.3) is 0 Å². The molecule has 1 aliphatic carbocycles. The van der Waals surface area contributed by atoms with Crippen molar-refractivity contribution in [2.75, 3.05) is 0 Å². The molecule has 1 unspecified atom stereocenters. The molecular weight excluding hydrogens is 214 g/mol. The van der Waals surface area contributed by atoms with Crippen molar-refractivity contribution in [1.29, 1.82) is 0 Å². The molecular formula is C12H12F2O2. The second kappa shape index (κ2) is 4.20. The van der Waals surface area contributed by atoms with Crippen molar-refractivity contribution in [3.8, 4) is 0 Å². The van der Waals surface area contributed by atoms with E-state index in [9.17, 15) is 13.6 Å². The topological polar surface area (TPSA) is 26.3 Å². The smallest absolute Gasteiger partial charge is 0.338 e. The van der Waals surface area contributed by atoms with E-state index in [1.807, 2.05) is 0 Å². The van der Waals surface area contributed by atoms with Crippen LogP contribution in [0.5, 0.6) is 0 Å². The number of carbonyl (C=O) groups is 1. The van der Waals surface area contributed by atoms with Gasteiger partial charge in [-0.1, -0.05) is 18.2 Å². The van der Waals surface area contributed by atoms with Crippen molar-refractivity contribution in [3.05, 3.63) is 35.9 Å². The molecule has 0 N–H and O–H groups in total. The number of carbonyl (C=O) groups excluding carboxylic acids is 1. The molecule has 1 atom stereocenters. The molecule has 0 bridgehead atoms. The normalized spacial score (nSPS) is 23.0. The summed E-state index contributed by atoms with van der Waals surface area (Å²) in [6.45, 7) is 0. The summed E-state index contributed by atoms with van der Waals surface area (Å²) < 4.78 is 31.2. The van der Waals surface area contributed by atoms with Gasteiger partial charge in [-0.25, -0.2) is 13.6 Å². The Labute approximate surface area is 92.2 Å². The maximum atomic E-state index is 13.2. The minimum Gasteiger partial charge on any atom is -0.452 e. The van der Waals surface area contributed by atoms with E-state index in [1.165, 1.54) is 0 Å². The summed E-state index contributed by atoms with van der Waals surface area (Å²) >= 11 is 0. The lowest BCUT2D eigenvalue weighted by Crippen LogP contribution is -2.32. The van der Waals surface area contributed by atoms with Crippen molar-refractivity contribution in [3.63, 3.8) is 0 Å². The number of ether oxygens (including phenoxy) is 1. The Hall–Kier alpha value is -1.45. The van der Waals surface area contributed by atoms with Crippen LogP contribution in [0.2, 0.25) is 0 Å². The highest BCUT2D eigenvalue weighted by Gasteiger charge is 2.46. The zero-order chi connectivity index (χ0) is 11.6. The van der Waals surface area contributed by atoms with Gasteiger partial charge in [0, 0.05) is 6.42 Å². The zero-order valence-corrected chi connectivity index (χ0v) is 8.66. The molecule has 1 aromatic carbocycles. The first-order valence-corrected chi connectivity index (χ1v) is 5.23. The van der Waals surface area contributed by atoms with Crippen LogP contribution in [0.3, 0.4) is 0 Å². The van der Waals surface area contributed by atoms with Gasteiger partial charge >= 0.3 is 5.97 Å². The molecule has 1 fully saturated rings. The van der Waals surface area contributed by atoms with Crippen LogP contribution in [-0.2, 0) is 4.74 Å². The standard InChI is InChI=1S/C12H12F2O2/c13-12(14)8-4-7-10(12)16-11(15)9-5-2-1-3-6-9/h1-3,5-6,10H,4,7-8H2. The van der Waals surface area contributed by atoms with E-state index >= 15 is 0 Å². The molecule has 0 heterocycles. The summed E-state index contributed by atoms with van der Waals surface area (Å²) in [7, 11) is 0. The van der Waals surface area contributed by atoms with E-state index in [-0.39, 0.29) is 12.8 Å². The van der Waals surface area contributed by atoms with Crippen molar-refractivity contribution >= 4 is 5.97 Å². The van der Waals surface area contributed by atoms with Gasteiger partial charge in [0.05, 0.1) is 5.56 Å². The Morgan fingerprint density at radius 3 is 2.56 bits per heavy atom. The monoisotopic (exact) mass is 226 g/mol. The lowest BCUT2D eigenvalue weighted by atomic mass is 10.2. The number of hydrogen-bond donors (Lipinski definition) is 0. The van der Waals surface area contributed by atoms with Crippen LogP contribution >= 0.6 is 0 Å². The number of halogens is 2. The van der Waals surface area contributed by atoms with Gasteiger partial charge in [-0.05, 0) is 25.0 Å². The predicted octanol–water partition coefficient (Wildman–Crippen LogP) is 3.03. The van der Waals surface area contributed by atoms with Crippen LogP contribution in [0.4, 0.5) is 8.78 Å². The lowest BCUT2D eigenvalue weighted by Gasteiger charge is -2.19. The van der Waals surface area contributed by atoms with Gasteiger partial charge in [0.1, 0.15) is 0 Å². The fourth-order valence-corrected chi connectivity index (χ4v) is 1.81. The molecule has 0 amide bonds. The third-order valence-electron chi connectivity index (χ3n) is 2.71. The average molecular weight is 226 g/mol. The van der Waals surface area contributed by atoms with Gasteiger partial charge in [0.25, 0.3) is 5.92 Å². The molecule has 0 radical (unpaired) electrons. The summed E-state index contributed by atoms with van der Waals surface area (Å²) in [5, 5.41) is 0. The van der Waals surface area contributed by atoms with Crippen molar-refractivity contribution in [2.45, 2.75) is 31.3 Å². The van der Waals surface area contributed by atoms with Gasteiger partial charge in [-0.3, -0.25) is 0 Å². The highest BCUT2D eigenvalue weighted by Crippen LogP contribution is 2.37. The van der Waals surface area contributed by atoms with Crippen LogP contribution in [0.1, 0.15) is 29.6 Å². The van der Waals surface area contributed by atoms with Crippen LogP contribution in [-0.4, -0.2) is 18.0 Å². The molecule has 2 rings (SSSR count). The Morgan fingerprint density at radius 1 is 1.31 bits per heavy atom. The molecule has 0 spiro atoms. The largest absolute Gasteiger partial charge is 0.452 e. The van der Waals surface area contributed by atoms with Crippen LogP contribution in [0.15, 0.2) is 30.3 Å². The van der Waals surface area contributed by atoms with Crippen LogP contribution in [0, 0.1) is 0 Å². The fraction of sp³-hybridized carbons (Fsp3) is 0.417. The van der Waals surface area contributed by atoms with Gasteiger partial charge in [-0.15, -0.1) is 0 Å². The van der Waals surface area contributed by atoms with E-state index in [2.05, 4.69) is 0 Å². The van der Waals surface area contributed by atoms with E-state index in [1.54, 1.807) is 30.3 Å². The number of benzene rings is 1. The maximum Gasteiger partial charge on any atom is 0.338 e. The first-order chi connectivity index (χ1) is 7.59. The molecule has 1 saturated carbocycles. The zero-order valence-electron chi connectivity index (χ0n) is 8.66. The number of rotatable bonds is 2. The Kier molecular flexibility index (Phi) is 2.90. The summed E-state index contributed by atoms with van der Waals surface area (Å²) in [6.07, 6.45) is -0.814. The minimum atomic E-state index is -2.87. The second-order valence-corrected chi connectivity index (χ2v) is 3.91. The maximum absolute atomic E-state index is 13.2. The van der Waals surface area contributed by atoms with Gasteiger partial charge in [0.2, 0.25) is 0 Å². The molecule has 86 valence electrons. The number of alkyl halides is 2. The Morgan fingerprint density at radius 2 is 2.00 bits per heavy atom. The molecule has 1 aliphatic rings. The predicted molar refractivity (Wildman–Crippen MR) is 54.4 cm³/mol. The molecule has 4 heteroatoms. The summed E-state index contributed by atoms with van der Waals surface area (Å²) in [5.41, 5.74) is 0.310. The quantitative estimate of drug-likeness (QED) is 0.724. The first-order valence-electron chi connectivity index (χ1n) is 5.23. The number of hydrogen-bond acceptors (Lipinski definition) is 2. The Balaban J connectivity index is 2.03. The second-order valence-electron chi connectivity index (χ2n) is 3.91. The highest BCUT2D eigenvalue weighted by molar-refractivity contribution is 5.89. The Bertz CT molecular complexity index is 376. The molecule has 0 aliphatic heterocycles. The lowest BCUT2D eigenvalue weighted by molar-refractivity contribution is -0.0944. The molecule has 1 aromatic rings. The highest BCUT2D eigenvalue weighted by atomic mass is 19.3.